The molecule has 3 aromatic carbocycles. The number of nitrogens with one attached hydrogen (secondary N) is 1. The second-order valence-corrected chi connectivity index (χ2v) is 6.65. The van der Waals surface area contributed by atoms with Gasteiger partial charge in [-0.2, -0.15) is 13.2 Å². The molecule has 0 atom stereocenters. The fourth-order valence-electron chi connectivity index (χ4n) is 3.22. The number of fused-ring (bicyclic) bond motifs is 1. The summed E-state index contributed by atoms with van der Waals surface area (Å²) in [6, 6.07) is 18.7. The van der Waals surface area contributed by atoms with Crippen LogP contribution >= 0.6 is 0 Å². The van der Waals surface area contributed by atoms with Gasteiger partial charge < -0.3 is 10.4 Å². The van der Waals surface area contributed by atoms with Crippen molar-refractivity contribution >= 4 is 28.1 Å². The molecule has 0 bridgehead atoms. The molecule has 150 valence electrons. The number of carboxylic acids is 1. The maximum Gasteiger partial charge on any atom is 0.416 e. The van der Waals surface area contributed by atoms with Crippen LogP contribution in [0.25, 0.3) is 22.0 Å². The first-order valence-corrected chi connectivity index (χ1v) is 8.99. The van der Waals surface area contributed by atoms with E-state index in [0.29, 0.717) is 17.1 Å². The first-order chi connectivity index (χ1) is 14.3. The Labute approximate surface area is 169 Å². The highest BCUT2D eigenvalue weighted by molar-refractivity contribution is 6.02. The van der Waals surface area contributed by atoms with Gasteiger partial charge in [0.25, 0.3) is 0 Å². The summed E-state index contributed by atoms with van der Waals surface area (Å²) < 4.78 is 39.0. The van der Waals surface area contributed by atoms with Crippen LogP contribution in [0.3, 0.4) is 0 Å². The number of nitrogens with zero attached hydrogens (tertiary/aromatic N) is 1. The SMILES string of the molecule is O=C(O)c1ccc(-c2ncc(Nc3cccc(C(F)(F)F)c3)c3ccccc23)cc1. The molecule has 0 amide bonds. The van der Waals surface area contributed by atoms with Crippen molar-refractivity contribution in [1.82, 2.24) is 4.98 Å². The van der Waals surface area contributed by atoms with E-state index in [1.165, 1.54) is 18.2 Å². The van der Waals surface area contributed by atoms with Crippen molar-refractivity contribution < 1.29 is 23.1 Å². The van der Waals surface area contributed by atoms with E-state index in [1.54, 1.807) is 24.4 Å². The van der Waals surface area contributed by atoms with Gasteiger partial charge >= 0.3 is 12.1 Å². The Bertz CT molecular complexity index is 1240. The molecule has 0 saturated carbocycles. The zero-order valence-corrected chi connectivity index (χ0v) is 15.4. The minimum atomic E-state index is -4.43. The van der Waals surface area contributed by atoms with Gasteiger partial charge in [-0.25, -0.2) is 4.79 Å². The van der Waals surface area contributed by atoms with Crippen molar-refractivity contribution in [2.75, 3.05) is 5.32 Å². The highest BCUT2D eigenvalue weighted by Crippen LogP contribution is 2.35. The molecule has 0 unspecified atom stereocenters. The van der Waals surface area contributed by atoms with E-state index in [9.17, 15) is 18.0 Å². The molecule has 7 heteroatoms. The van der Waals surface area contributed by atoms with E-state index in [1.807, 2.05) is 24.3 Å². The molecular formula is C23H15F3N2O2. The lowest BCUT2D eigenvalue weighted by atomic mass is 10.0. The lowest BCUT2D eigenvalue weighted by Crippen LogP contribution is -2.05. The van der Waals surface area contributed by atoms with Gasteiger partial charge in [0.1, 0.15) is 0 Å². The van der Waals surface area contributed by atoms with Crippen LogP contribution in [0.1, 0.15) is 15.9 Å². The van der Waals surface area contributed by atoms with Gasteiger partial charge in [-0.15, -0.1) is 0 Å². The number of benzene rings is 3. The molecule has 1 aromatic heterocycles. The molecule has 4 rings (SSSR count). The van der Waals surface area contributed by atoms with Gasteiger partial charge in [0, 0.05) is 22.0 Å². The van der Waals surface area contributed by atoms with Crippen LogP contribution in [-0.2, 0) is 6.18 Å². The Hall–Kier alpha value is -3.87. The number of alkyl halides is 3. The van der Waals surface area contributed by atoms with Crippen LogP contribution < -0.4 is 5.32 Å². The van der Waals surface area contributed by atoms with Crippen LogP contribution in [0.2, 0.25) is 0 Å². The average Bonchev–Trinajstić information content (AvgIpc) is 2.74. The molecule has 0 aliphatic heterocycles. The van der Waals surface area contributed by atoms with Gasteiger partial charge in [0.2, 0.25) is 0 Å². The predicted octanol–water partition coefficient (Wildman–Crippen LogP) is 6.36. The van der Waals surface area contributed by atoms with Crippen LogP contribution in [0.4, 0.5) is 24.5 Å². The fraction of sp³-hybridized carbons (Fsp3) is 0.0435. The van der Waals surface area contributed by atoms with Crippen molar-refractivity contribution in [2.24, 2.45) is 0 Å². The number of hydrogen-bond acceptors (Lipinski definition) is 3. The second-order valence-electron chi connectivity index (χ2n) is 6.65. The normalized spacial score (nSPS) is 11.4. The number of anilines is 2. The zero-order valence-electron chi connectivity index (χ0n) is 15.4. The number of halogens is 3. The number of pyridine rings is 1. The van der Waals surface area contributed by atoms with Crippen molar-refractivity contribution in [3.05, 3.63) is 90.1 Å². The van der Waals surface area contributed by atoms with Gasteiger partial charge in [-0.1, -0.05) is 42.5 Å². The van der Waals surface area contributed by atoms with Gasteiger partial charge in [-0.3, -0.25) is 4.98 Å². The van der Waals surface area contributed by atoms with Crippen molar-refractivity contribution in [1.29, 1.82) is 0 Å². The largest absolute Gasteiger partial charge is 0.478 e. The summed E-state index contributed by atoms with van der Waals surface area (Å²) in [5.41, 5.74) is 1.69. The van der Waals surface area contributed by atoms with E-state index in [-0.39, 0.29) is 5.56 Å². The number of aromatic nitrogens is 1. The summed E-state index contributed by atoms with van der Waals surface area (Å²) in [4.78, 5) is 15.6. The third-order valence-electron chi connectivity index (χ3n) is 4.67. The molecule has 30 heavy (non-hydrogen) atoms. The lowest BCUT2D eigenvalue weighted by molar-refractivity contribution is -0.137. The topological polar surface area (TPSA) is 62.2 Å². The Kier molecular flexibility index (Phi) is 4.87. The van der Waals surface area contributed by atoms with Gasteiger partial charge in [-0.05, 0) is 30.3 Å². The first-order valence-electron chi connectivity index (χ1n) is 8.99. The molecule has 0 spiro atoms. The molecule has 0 aliphatic rings. The van der Waals surface area contributed by atoms with E-state index in [4.69, 9.17) is 5.11 Å². The Balaban J connectivity index is 1.75. The first kappa shape index (κ1) is 19.4. The molecule has 0 fully saturated rings. The van der Waals surface area contributed by atoms with Crippen molar-refractivity contribution in [3.63, 3.8) is 0 Å². The standard InChI is InChI=1S/C23H15F3N2O2/c24-23(25,26)16-4-3-5-17(12-16)28-20-13-27-21(19-7-2-1-6-18(19)20)14-8-10-15(11-9-14)22(29)30/h1-13,28H,(H,29,30). The summed E-state index contributed by atoms with van der Waals surface area (Å²) in [5, 5.41) is 13.7. The lowest BCUT2D eigenvalue weighted by Gasteiger charge is -2.14. The second kappa shape index (κ2) is 7.51. The van der Waals surface area contributed by atoms with Crippen LogP contribution in [0.5, 0.6) is 0 Å². The van der Waals surface area contributed by atoms with Gasteiger partial charge in [0.05, 0.1) is 28.7 Å². The van der Waals surface area contributed by atoms with E-state index >= 15 is 0 Å². The Morgan fingerprint density at radius 3 is 2.27 bits per heavy atom. The van der Waals surface area contributed by atoms with Crippen LogP contribution in [0.15, 0.2) is 79.0 Å². The minimum Gasteiger partial charge on any atom is -0.478 e. The predicted molar refractivity (Wildman–Crippen MR) is 109 cm³/mol. The van der Waals surface area contributed by atoms with E-state index in [0.717, 1.165) is 28.5 Å². The average molecular weight is 408 g/mol. The van der Waals surface area contributed by atoms with Crippen molar-refractivity contribution in [3.8, 4) is 11.3 Å². The summed E-state index contributed by atoms with van der Waals surface area (Å²) in [7, 11) is 0. The summed E-state index contributed by atoms with van der Waals surface area (Å²) >= 11 is 0. The third kappa shape index (κ3) is 3.82. The Morgan fingerprint density at radius 1 is 0.900 bits per heavy atom. The van der Waals surface area contributed by atoms with E-state index < -0.39 is 17.7 Å². The maximum atomic E-state index is 13.0. The fourth-order valence-corrected chi connectivity index (χ4v) is 3.22. The van der Waals surface area contributed by atoms with E-state index in [2.05, 4.69) is 10.3 Å². The van der Waals surface area contributed by atoms with Gasteiger partial charge in [0.15, 0.2) is 0 Å². The zero-order chi connectivity index (χ0) is 21.3. The third-order valence-corrected chi connectivity index (χ3v) is 4.67. The maximum absolute atomic E-state index is 13.0. The highest BCUT2D eigenvalue weighted by atomic mass is 19.4. The molecule has 1 heterocycles. The van der Waals surface area contributed by atoms with Crippen molar-refractivity contribution in [2.45, 2.75) is 6.18 Å². The minimum absolute atomic E-state index is 0.172. The quantitative estimate of drug-likeness (QED) is 0.412. The molecule has 4 nitrogen and oxygen atoms in total. The van der Waals surface area contributed by atoms with Crippen LogP contribution in [0, 0.1) is 0 Å². The summed E-state index contributed by atoms with van der Waals surface area (Å²) in [6.45, 7) is 0. The number of carbonyl (C=O) groups is 1. The number of hydrogen-bond donors (Lipinski definition) is 2. The Morgan fingerprint density at radius 2 is 1.60 bits per heavy atom. The summed E-state index contributed by atoms with van der Waals surface area (Å²) in [6.07, 6.45) is -2.87. The highest BCUT2D eigenvalue weighted by Gasteiger charge is 2.30. The summed E-state index contributed by atoms with van der Waals surface area (Å²) in [5.74, 6) is -1.01. The number of aromatic carboxylic acids is 1. The number of rotatable bonds is 4. The number of carboxylic acid groups (broad SMARTS) is 1. The molecule has 0 aliphatic carbocycles. The monoisotopic (exact) mass is 408 g/mol. The smallest absolute Gasteiger partial charge is 0.416 e. The molecule has 4 aromatic rings. The molecular weight excluding hydrogens is 393 g/mol. The molecule has 0 saturated heterocycles. The van der Waals surface area contributed by atoms with Crippen LogP contribution in [-0.4, -0.2) is 16.1 Å². The molecule has 0 radical (unpaired) electrons. The molecule has 2 N–H and O–H groups in total.